The van der Waals surface area contributed by atoms with Crippen molar-refractivity contribution in [2.24, 2.45) is 0 Å². The van der Waals surface area contributed by atoms with Gasteiger partial charge in [0.15, 0.2) is 0 Å². The van der Waals surface area contributed by atoms with Gasteiger partial charge < -0.3 is 10.8 Å². The van der Waals surface area contributed by atoms with E-state index in [2.05, 4.69) is 4.98 Å². The lowest BCUT2D eigenvalue weighted by atomic mass is 9.90. The summed E-state index contributed by atoms with van der Waals surface area (Å²) < 4.78 is 0. The number of aryl methyl sites for hydroxylation is 2. The van der Waals surface area contributed by atoms with Gasteiger partial charge in [0.1, 0.15) is 0 Å². The van der Waals surface area contributed by atoms with Crippen LogP contribution in [0.5, 0.6) is 0 Å². The van der Waals surface area contributed by atoms with Crippen LogP contribution in [0.3, 0.4) is 0 Å². The monoisotopic (exact) mass is 228 g/mol. The van der Waals surface area contributed by atoms with Crippen molar-refractivity contribution in [1.82, 2.24) is 4.98 Å². The Labute approximate surface area is 100 Å². The summed E-state index contributed by atoms with van der Waals surface area (Å²) in [5.74, 6) is 0. The first-order valence-corrected chi connectivity index (χ1v) is 6.03. The van der Waals surface area contributed by atoms with E-state index in [-0.39, 0.29) is 0 Å². The minimum Gasteiger partial charge on any atom is -0.398 e. The van der Waals surface area contributed by atoms with Crippen molar-refractivity contribution in [2.45, 2.75) is 32.3 Å². The third kappa shape index (κ3) is 1.58. The molecule has 0 amide bonds. The van der Waals surface area contributed by atoms with Gasteiger partial charge >= 0.3 is 0 Å². The van der Waals surface area contributed by atoms with E-state index in [1.165, 1.54) is 0 Å². The smallest absolute Gasteiger partial charge is 0.0828 e. The zero-order valence-electron chi connectivity index (χ0n) is 9.90. The Hall–Kier alpha value is -1.61. The summed E-state index contributed by atoms with van der Waals surface area (Å²) in [6.45, 7) is 2.04. The highest BCUT2D eigenvalue weighted by Crippen LogP contribution is 2.36. The molecule has 0 bridgehead atoms. The Morgan fingerprint density at radius 3 is 3.06 bits per heavy atom. The Bertz CT molecular complexity index is 592. The molecule has 0 radical (unpaired) electrons. The third-order valence-electron chi connectivity index (χ3n) is 3.52. The Kier molecular flexibility index (Phi) is 2.30. The quantitative estimate of drug-likeness (QED) is 0.728. The summed E-state index contributed by atoms with van der Waals surface area (Å²) in [5.41, 5.74) is 10.8. The van der Waals surface area contributed by atoms with E-state index >= 15 is 0 Å². The van der Waals surface area contributed by atoms with Gasteiger partial charge in [-0.3, -0.25) is 4.98 Å². The Morgan fingerprint density at radius 1 is 1.41 bits per heavy atom. The number of pyridine rings is 1. The average Bonchev–Trinajstić information content (AvgIpc) is 2.30. The zero-order chi connectivity index (χ0) is 12.0. The normalized spacial score (nSPS) is 19.3. The van der Waals surface area contributed by atoms with Gasteiger partial charge in [-0.2, -0.15) is 0 Å². The number of fused-ring (bicyclic) bond motifs is 2. The number of anilines is 1. The van der Waals surface area contributed by atoms with Gasteiger partial charge in [-0.25, -0.2) is 0 Å². The summed E-state index contributed by atoms with van der Waals surface area (Å²) >= 11 is 0. The largest absolute Gasteiger partial charge is 0.398 e. The number of hydrogen-bond acceptors (Lipinski definition) is 3. The van der Waals surface area contributed by atoms with Crippen LogP contribution < -0.4 is 5.73 Å². The number of aromatic nitrogens is 1. The van der Waals surface area contributed by atoms with Crippen molar-refractivity contribution in [3.05, 3.63) is 35.0 Å². The van der Waals surface area contributed by atoms with Gasteiger partial charge in [0.25, 0.3) is 0 Å². The number of benzene rings is 1. The maximum atomic E-state index is 10.1. The van der Waals surface area contributed by atoms with E-state index in [4.69, 9.17) is 5.73 Å². The molecule has 0 saturated carbocycles. The van der Waals surface area contributed by atoms with E-state index in [1.807, 2.05) is 25.1 Å². The van der Waals surface area contributed by atoms with Crippen LogP contribution >= 0.6 is 0 Å². The topological polar surface area (TPSA) is 59.1 Å². The molecule has 1 heterocycles. The van der Waals surface area contributed by atoms with Gasteiger partial charge in [0, 0.05) is 22.3 Å². The molecule has 1 aromatic heterocycles. The minimum atomic E-state index is -0.448. The second-order valence-corrected chi connectivity index (χ2v) is 4.81. The molecule has 1 aliphatic carbocycles. The van der Waals surface area contributed by atoms with E-state index < -0.39 is 6.10 Å². The molecule has 1 atom stereocenters. The molecular weight excluding hydrogens is 212 g/mol. The molecule has 3 heteroatoms. The fourth-order valence-corrected chi connectivity index (χ4v) is 2.64. The fraction of sp³-hybridized carbons (Fsp3) is 0.357. The minimum absolute atomic E-state index is 0.448. The average molecular weight is 228 g/mol. The molecule has 17 heavy (non-hydrogen) atoms. The molecule has 0 fully saturated rings. The Balaban J connectivity index is 2.36. The summed E-state index contributed by atoms with van der Waals surface area (Å²) in [6.07, 6.45) is 2.24. The predicted molar refractivity (Wildman–Crippen MR) is 68.8 cm³/mol. The standard InChI is InChI=1S/C14H16N2O/c1-8-5-6-10-9(7-8)14(15)13-11(16-10)3-2-4-12(13)17/h5-7,12,17H,2-4H2,1H3,(H2,15,16). The summed E-state index contributed by atoms with van der Waals surface area (Å²) in [4.78, 5) is 4.63. The van der Waals surface area contributed by atoms with Crippen LogP contribution in [0.1, 0.15) is 35.8 Å². The van der Waals surface area contributed by atoms with Crippen molar-refractivity contribution >= 4 is 16.6 Å². The first-order chi connectivity index (χ1) is 8.16. The molecule has 88 valence electrons. The van der Waals surface area contributed by atoms with E-state index in [9.17, 15) is 5.11 Å². The van der Waals surface area contributed by atoms with Gasteiger partial charge in [-0.1, -0.05) is 11.6 Å². The first kappa shape index (κ1) is 10.5. The lowest BCUT2D eigenvalue weighted by Crippen LogP contribution is -2.14. The number of nitrogens with two attached hydrogens (primary N) is 1. The molecule has 1 aromatic carbocycles. The van der Waals surface area contributed by atoms with Crippen LogP contribution in [0, 0.1) is 6.92 Å². The molecule has 3 nitrogen and oxygen atoms in total. The van der Waals surface area contributed by atoms with Crippen LogP contribution in [-0.2, 0) is 6.42 Å². The molecule has 1 unspecified atom stereocenters. The maximum Gasteiger partial charge on any atom is 0.0828 e. The number of rotatable bonds is 0. The SMILES string of the molecule is Cc1ccc2nc3c(c(N)c2c1)C(O)CCC3. The number of aliphatic hydroxyl groups excluding tert-OH is 1. The second-order valence-electron chi connectivity index (χ2n) is 4.81. The number of nitrogens with zero attached hydrogens (tertiary/aromatic N) is 1. The van der Waals surface area contributed by atoms with Gasteiger partial charge in [-0.05, 0) is 38.3 Å². The molecule has 2 aromatic rings. The predicted octanol–water partition coefficient (Wildman–Crippen LogP) is 2.50. The lowest BCUT2D eigenvalue weighted by Gasteiger charge is -2.23. The highest BCUT2D eigenvalue weighted by Gasteiger charge is 2.23. The fourth-order valence-electron chi connectivity index (χ4n) is 2.64. The zero-order valence-corrected chi connectivity index (χ0v) is 9.90. The van der Waals surface area contributed by atoms with Gasteiger partial charge in [0.2, 0.25) is 0 Å². The lowest BCUT2D eigenvalue weighted by molar-refractivity contribution is 0.156. The molecule has 0 aliphatic heterocycles. The van der Waals surface area contributed by atoms with E-state index in [0.29, 0.717) is 5.69 Å². The Morgan fingerprint density at radius 2 is 2.24 bits per heavy atom. The molecule has 1 aliphatic rings. The molecule has 0 saturated heterocycles. The van der Waals surface area contributed by atoms with E-state index in [0.717, 1.165) is 47.0 Å². The van der Waals surface area contributed by atoms with Crippen LogP contribution in [-0.4, -0.2) is 10.1 Å². The maximum absolute atomic E-state index is 10.1. The van der Waals surface area contributed by atoms with Crippen molar-refractivity contribution in [3.8, 4) is 0 Å². The second kappa shape index (κ2) is 3.70. The molecule has 0 spiro atoms. The van der Waals surface area contributed by atoms with Crippen LogP contribution in [0.15, 0.2) is 18.2 Å². The van der Waals surface area contributed by atoms with Crippen molar-refractivity contribution in [3.63, 3.8) is 0 Å². The van der Waals surface area contributed by atoms with Crippen LogP contribution in [0.2, 0.25) is 0 Å². The molecule has 3 rings (SSSR count). The summed E-state index contributed by atoms with van der Waals surface area (Å²) in [6, 6.07) is 6.09. The highest BCUT2D eigenvalue weighted by molar-refractivity contribution is 5.92. The van der Waals surface area contributed by atoms with Crippen molar-refractivity contribution < 1.29 is 5.11 Å². The first-order valence-electron chi connectivity index (χ1n) is 6.03. The third-order valence-corrected chi connectivity index (χ3v) is 3.52. The van der Waals surface area contributed by atoms with Crippen molar-refractivity contribution in [2.75, 3.05) is 5.73 Å². The summed E-state index contributed by atoms with van der Waals surface area (Å²) in [5, 5.41) is 11.0. The number of nitrogen functional groups attached to an aromatic ring is 1. The van der Waals surface area contributed by atoms with Crippen LogP contribution in [0.25, 0.3) is 10.9 Å². The van der Waals surface area contributed by atoms with Gasteiger partial charge in [0.05, 0.1) is 11.6 Å². The summed E-state index contributed by atoms with van der Waals surface area (Å²) in [7, 11) is 0. The number of aliphatic hydroxyl groups is 1. The van der Waals surface area contributed by atoms with Gasteiger partial charge in [-0.15, -0.1) is 0 Å². The van der Waals surface area contributed by atoms with Crippen LogP contribution in [0.4, 0.5) is 5.69 Å². The molecular formula is C14H16N2O. The van der Waals surface area contributed by atoms with E-state index in [1.54, 1.807) is 0 Å². The highest BCUT2D eigenvalue weighted by atomic mass is 16.3. The van der Waals surface area contributed by atoms with Crippen molar-refractivity contribution in [1.29, 1.82) is 0 Å². The molecule has 3 N–H and O–H groups in total. The number of hydrogen-bond donors (Lipinski definition) is 2.